The van der Waals surface area contributed by atoms with Gasteiger partial charge in [0.25, 0.3) is 0 Å². The van der Waals surface area contributed by atoms with Crippen LogP contribution in [-0.2, 0) is 5.54 Å². The molecular formula is C17H20Cl2N4. The van der Waals surface area contributed by atoms with E-state index in [1.807, 2.05) is 10.6 Å². The van der Waals surface area contributed by atoms with E-state index in [9.17, 15) is 0 Å². The second-order valence-corrected chi connectivity index (χ2v) is 7.76. The summed E-state index contributed by atoms with van der Waals surface area (Å²) in [6.07, 6.45) is 6.32. The molecule has 0 unspecified atom stereocenters. The number of nitrogens with two attached hydrogens (primary N) is 1. The van der Waals surface area contributed by atoms with Gasteiger partial charge in [-0.3, -0.25) is 0 Å². The maximum Gasteiger partial charge on any atom is 0.147 e. The van der Waals surface area contributed by atoms with Crippen molar-refractivity contribution in [3.05, 3.63) is 34.2 Å². The van der Waals surface area contributed by atoms with Crippen molar-refractivity contribution in [1.29, 1.82) is 0 Å². The molecule has 4 nitrogen and oxygen atoms in total. The van der Waals surface area contributed by atoms with E-state index in [0.717, 1.165) is 28.6 Å². The summed E-state index contributed by atoms with van der Waals surface area (Å²) in [6.45, 7) is 8.40. The van der Waals surface area contributed by atoms with E-state index in [2.05, 4.69) is 43.7 Å². The highest BCUT2D eigenvalue weighted by Gasteiger charge is 2.29. The molecule has 2 heterocycles. The molecule has 2 aromatic heterocycles. The summed E-state index contributed by atoms with van der Waals surface area (Å²) in [6, 6.07) is 0. The molecule has 0 spiro atoms. The molecule has 0 saturated carbocycles. The molecule has 0 fully saturated rings. The van der Waals surface area contributed by atoms with Crippen molar-refractivity contribution in [3.63, 3.8) is 0 Å². The van der Waals surface area contributed by atoms with E-state index in [1.165, 1.54) is 6.33 Å². The van der Waals surface area contributed by atoms with Gasteiger partial charge in [-0.05, 0) is 44.8 Å². The van der Waals surface area contributed by atoms with Gasteiger partial charge in [0, 0.05) is 16.1 Å². The highest BCUT2D eigenvalue weighted by molar-refractivity contribution is 6.38. The second kappa shape index (κ2) is 5.53. The molecule has 1 aliphatic carbocycles. The van der Waals surface area contributed by atoms with Crippen LogP contribution in [0.2, 0.25) is 5.15 Å². The van der Waals surface area contributed by atoms with Crippen molar-refractivity contribution < 1.29 is 0 Å². The standard InChI is InChI=1S/C17H20Cl2N4/c1-9-5-6-11(18)10(7-9)12-13-15(20)21-8-22-16(13)23(14(12)19)17(2,3)4/h5-6,8-9H,7H2,1-4H3,(H2,20,21,22)/t9-/m1/s1. The van der Waals surface area contributed by atoms with Crippen LogP contribution >= 0.6 is 23.2 Å². The monoisotopic (exact) mass is 350 g/mol. The maximum atomic E-state index is 6.78. The lowest BCUT2D eigenvalue weighted by molar-refractivity contribution is 0.409. The predicted molar refractivity (Wildman–Crippen MR) is 97.6 cm³/mol. The largest absolute Gasteiger partial charge is 0.383 e. The van der Waals surface area contributed by atoms with Crippen LogP contribution < -0.4 is 5.73 Å². The summed E-state index contributed by atoms with van der Waals surface area (Å²) in [7, 11) is 0. The van der Waals surface area contributed by atoms with E-state index >= 15 is 0 Å². The fourth-order valence-corrected chi connectivity index (χ4v) is 3.84. The minimum atomic E-state index is -0.239. The van der Waals surface area contributed by atoms with Gasteiger partial charge in [0.2, 0.25) is 0 Å². The third-order valence-electron chi connectivity index (χ3n) is 4.08. The van der Waals surface area contributed by atoms with Gasteiger partial charge in [0.1, 0.15) is 22.9 Å². The lowest BCUT2D eigenvalue weighted by Crippen LogP contribution is -2.22. The summed E-state index contributed by atoms with van der Waals surface area (Å²) in [4.78, 5) is 8.59. The van der Waals surface area contributed by atoms with Crippen LogP contribution in [0.3, 0.4) is 0 Å². The second-order valence-electron chi connectivity index (χ2n) is 7.00. The first-order valence-electron chi connectivity index (χ1n) is 7.60. The average molecular weight is 351 g/mol. The summed E-state index contributed by atoms with van der Waals surface area (Å²) < 4.78 is 2.00. The van der Waals surface area contributed by atoms with Gasteiger partial charge in [0.15, 0.2) is 0 Å². The SMILES string of the molecule is C[C@@H]1C=CC(Cl)=C(c2c(Cl)n(C(C)(C)C)c3ncnc(N)c23)C1. The number of halogens is 2. The molecule has 23 heavy (non-hydrogen) atoms. The van der Waals surface area contributed by atoms with Crippen molar-refractivity contribution in [2.45, 2.75) is 39.7 Å². The quantitative estimate of drug-likeness (QED) is 0.789. The Bertz CT molecular complexity index is 840. The zero-order valence-corrected chi connectivity index (χ0v) is 15.2. The average Bonchev–Trinajstić information content (AvgIpc) is 2.75. The molecule has 3 rings (SSSR count). The van der Waals surface area contributed by atoms with Crippen molar-refractivity contribution in [2.24, 2.45) is 5.92 Å². The molecule has 122 valence electrons. The number of aromatic nitrogens is 3. The van der Waals surface area contributed by atoms with Gasteiger partial charge in [-0.2, -0.15) is 0 Å². The Morgan fingerprint density at radius 2 is 1.96 bits per heavy atom. The predicted octanol–water partition coefficient (Wildman–Crippen LogP) is 4.97. The van der Waals surface area contributed by atoms with Crippen LogP contribution in [0.4, 0.5) is 5.82 Å². The van der Waals surface area contributed by atoms with Crippen LogP contribution in [-0.4, -0.2) is 14.5 Å². The van der Waals surface area contributed by atoms with Crippen LogP contribution in [0, 0.1) is 5.92 Å². The van der Waals surface area contributed by atoms with E-state index in [-0.39, 0.29) is 5.54 Å². The Kier molecular flexibility index (Phi) is 3.93. The van der Waals surface area contributed by atoms with E-state index in [1.54, 1.807) is 0 Å². The number of allylic oxidation sites excluding steroid dienone is 4. The molecule has 0 aromatic carbocycles. The van der Waals surface area contributed by atoms with E-state index in [0.29, 0.717) is 21.9 Å². The number of rotatable bonds is 1. The first-order valence-corrected chi connectivity index (χ1v) is 8.35. The topological polar surface area (TPSA) is 56.7 Å². The summed E-state index contributed by atoms with van der Waals surface area (Å²) in [5.74, 6) is 0.816. The van der Waals surface area contributed by atoms with Crippen LogP contribution in [0.5, 0.6) is 0 Å². The Morgan fingerprint density at radius 1 is 1.26 bits per heavy atom. The molecule has 6 heteroatoms. The molecule has 0 bridgehead atoms. The zero-order chi connectivity index (χ0) is 16.9. The summed E-state index contributed by atoms with van der Waals surface area (Å²) >= 11 is 13.3. The van der Waals surface area contributed by atoms with Gasteiger partial charge >= 0.3 is 0 Å². The van der Waals surface area contributed by atoms with Gasteiger partial charge in [0.05, 0.1) is 5.39 Å². The lowest BCUT2D eigenvalue weighted by atomic mass is 9.91. The van der Waals surface area contributed by atoms with Gasteiger partial charge < -0.3 is 10.3 Å². The van der Waals surface area contributed by atoms with Crippen molar-refractivity contribution >= 4 is 45.6 Å². The Morgan fingerprint density at radius 3 is 2.61 bits per heavy atom. The third kappa shape index (κ3) is 2.64. The molecule has 0 radical (unpaired) electrons. The molecule has 0 amide bonds. The fraction of sp³-hybridized carbons (Fsp3) is 0.412. The number of hydrogen-bond donors (Lipinski definition) is 1. The van der Waals surface area contributed by atoms with Crippen molar-refractivity contribution in [3.8, 4) is 0 Å². The first-order chi connectivity index (χ1) is 10.7. The minimum Gasteiger partial charge on any atom is -0.383 e. The molecule has 0 aliphatic heterocycles. The first kappa shape index (κ1) is 16.3. The van der Waals surface area contributed by atoms with Crippen LogP contribution in [0.25, 0.3) is 16.6 Å². The minimum absolute atomic E-state index is 0.239. The Labute approximate surface area is 146 Å². The van der Waals surface area contributed by atoms with Crippen molar-refractivity contribution in [2.75, 3.05) is 5.73 Å². The molecule has 1 atom stereocenters. The highest BCUT2D eigenvalue weighted by Crippen LogP contribution is 2.44. The van der Waals surface area contributed by atoms with Crippen LogP contribution in [0.1, 0.15) is 39.7 Å². The number of fused-ring (bicyclic) bond motifs is 1. The fourth-order valence-electron chi connectivity index (χ4n) is 3.05. The normalized spacial score (nSPS) is 19.0. The number of hydrogen-bond acceptors (Lipinski definition) is 3. The zero-order valence-electron chi connectivity index (χ0n) is 13.7. The Balaban J connectivity index is 2.43. The summed E-state index contributed by atoms with van der Waals surface area (Å²) in [5, 5.41) is 2.08. The van der Waals surface area contributed by atoms with Gasteiger partial charge in [-0.15, -0.1) is 0 Å². The maximum absolute atomic E-state index is 6.78. The van der Waals surface area contributed by atoms with Crippen LogP contribution in [0.15, 0.2) is 23.5 Å². The van der Waals surface area contributed by atoms with E-state index < -0.39 is 0 Å². The third-order valence-corrected chi connectivity index (χ3v) is 4.79. The smallest absolute Gasteiger partial charge is 0.147 e. The summed E-state index contributed by atoms with van der Waals surface area (Å²) in [5.41, 5.74) is 8.52. The highest BCUT2D eigenvalue weighted by atomic mass is 35.5. The number of nitrogens with zero attached hydrogens (tertiary/aromatic N) is 3. The van der Waals surface area contributed by atoms with Gasteiger partial charge in [-0.25, -0.2) is 9.97 Å². The van der Waals surface area contributed by atoms with Gasteiger partial charge in [-0.1, -0.05) is 36.2 Å². The number of anilines is 1. The molecular weight excluding hydrogens is 331 g/mol. The molecule has 2 aromatic rings. The van der Waals surface area contributed by atoms with E-state index in [4.69, 9.17) is 28.9 Å². The molecule has 2 N–H and O–H groups in total. The number of nitrogen functional groups attached to an aromatic ring is 1. The molecule has 0 saturated heterocycles. The lowest BCUT2D eigenvalue weighted by Gasteiger charge is -2.23. The molecule has 1 aliphatic rings. The van der Waals surface area contributed by atoms with Crippen molar-refractivity contribution in [1.82, 2.24) is 14.5 Å². The Hall–Kier alpha value is -1.52.